The largest absolute Gasteiger partial charge is 0.369 e. The second-order valence-corrected chi connectivity index (χ2v) is 7.54. The Morgan fingerprint density at radius 3 is 2.41 bits per heavy atom. The number of carbonyl (C=O) groups excluding carboxylic acids is 1. The van der Waals surface area contributed by atoms with Crippen molar-refractivity contribution in [2.45, 2.75) is 6.54 Å². The van der Waals surface area contributed by atoms with Gasteiger partial charge in [0.2, 0.25) is 0 Å². The maximum Gasteiger partial charge on any atom is 0.254 e. The van der Waals surface area contributed by atoms with Gasteiger partial charge in [-0.2, -0.15) is 0 Å². The number of piperazine rings is 1. The first-order valence-electron chi connectivity index (χ1n) is 9.90. The lowest BCUT2D eigenvalue weighted by Gasteiger charge is -2.34. The number of anilines is 1. The Morgan fingerprint density at radius 1 is 1.03 bits per heavy atom. The quantitative estimate of drug-likeness (QED) is 0.669. The van der Waals surface area contributed by atoms with E-state index < -0.39 is 0 Å². The van der Waals surface area contributed by atoms with E-state index in [0.717, 1.165) is 37.4 Å². The average Bonchev–Trinajstić information content (AvgIpc) is 3.23. The number of hydrogen-bond acceptors (Lipinski definition) is 5. The summed E-state index contributed by atoms with van der Waals surface area (Å²) in [6.45, 7) is 4.52. The Balaban J connectivity index is 1.38. The highest BCUT2D eigenvalue weighted by Crippen LogP contribution is 2.21. The Kier molecular flexibility index (Phi) is 5.62. The molecular weight excluding hydrogens is 364 g/mol. The molecule has 0 spiro atoms. The van der Waals surface area contributed by atoms with Gasteiger partial charge >= 0.3 is 0 Å². The van der Waals surface area contributed by atoms with E-state index in [1.807, 2.05) is 60.7 Å². The number of benzene rings is 2. The van der Waals surface area contributed by atoms with Crippen molar-refractivity contribution in [3.8, 4) is 11.3 Å². The molecule has 0 radical (unpaired) electrons. The summed E-state index contributed by atoms with van der Waals surface area (Å²) in [5, 5.41) is 4.12. The van der Waals surface area contributed by atoms with Crippen LogP contribution in [0.5, 0.6) is 0 Å². The van der Waals surface area contributed by atoms with Crippen molar-refractivity contribution in [2.24, 2.45) is 0 Å². The third-order valence-electron chi connectivity index (χ3n) is 5.35. The van der Waals surface area contributed by atoms with E-state index >= 15 is 0 Å². The van der Waals surface area contributed by atoms with E-state index in [9.17, 15) is 4.79 Å². The van der Waals surface area contributed by atoms with Gasteiger partial charge in [0, 0.05) is 56.1 Å². The van der Waals surface area contributed by atoms with Crippen LogP contribution in [0.2, 0.25) is 0 Å². The topological polar surface area (TPSA) is 52.8 Å². The van der Waals surface area contributed by atoms with Crippen molar-refractivity contribution in [3.63, 3.8) is 0 Å². The van der Waals surface area contributed by atoms with Crippen LogP contribution in [0.4, 0.5) is 5.69 Å². The van der Waals surface area contributed by atoms with Gasteiger partial charge in [-0.25, -0.2) is 0 Å². The number of rotatable bonds is 5. The number of likely N-dealkylation sites (N-methyl/N-ethyl adjacent to an activating group) is 1. The molecule has 6 heteroatoms. The molecule has 29 heavy (non-hydrogen) atoms. The molecule has 0 unspecified atom stereocenters. The zero-order valence-electron chi connectivity index (χ0n) is 16.9. The summed E-state index contributed by atoms with van der Waals surface area (Å²) in [6.07, 6.45) is 0. The molecule has 0 bridgehead atoms. The molecule has 3 aromatic rings. The lowest BCUT2D eigenvalue weighted by atomic mass is 10.1. The maximum absolute atomic E-state index is 12.8. The highest BCUT2D eigenvalue weighted by Gasteiger charge is 2.17. The van der Waals surface area contributed by atoms with Crippen LogP contribution in [-0.4, -0.2) is 61.1 Å². The van der Waals surface area contributed by atoms with Gasteiger partial charge in [0.05, 0.1) is 6.54 Å². The smallest absolute Gasteiger partial charge is 0.254 e. The van der Waals surface area contributed by atoms with Gasteiger partial charge in [-0.3, -0.25) is 4.79 Å². The molecule has 0 aliphatic carbocycles. The molecule has 2 aromatic carbocycles. The van der Waals surface area contributed by atoms with Crippen molar-refractivity contribution >= 4 is 11.6 Å². The molecule has 2 heterocycles. The molecule has 1 saturated heterocycles. The Hall–Kier alpha value is -3.12. The van der Waals surface area contributed by atoms with Crippen LogP contribution in [0.25, 0.3) is 11.3 Å². The molecule has 0 atom stereocenters. The lowest BCUT2D eigenvalue weighted by Crippen LogP contribution is -2.44. The summed E-state index contributed by atoms with van der Waals surface area (Å²) in [7, 11) is 3.92. The van der Waals surface area contributed by atoms with Gasteiger partial charge in [0.1, 0.15) is 5.69 Å². The minimum absolute atomic E-state index is 0.0346. The molecule has 0 N–H and O–H groups in total. The fourth-order valence-corrected chi connectivity index (χ4v) is 3.54. The maximum atomic E-state index is 12.8. The summed E-state index contributed by atoms with van der Waals surface area (Å²) in [6, 6.07) is 19.6. The lowest BCUT2D eigenvalue weighted by molar-refractivity contribution is 0.0772. The van der Waals surface area contributed by atoms with Crippen LogP contribution in [0.1, 0.15) is 16.1 Å². The average molecular weight is 390 g/mol. The summed E-state index contributed by atoms with van der Waals surface area (Å²) in [4.78, 5) is 19.1. The number of amides is 1. The number of nitrogens with zero attached hydrogens (tertiary/aromatic N) is 4. The van der Waals surface area contributed by atoms with E-state index in [1.54, 1.807) is 11.9 Å². The number of carbonyl (C=O) groups is 1. The van der Waals surface area contributed by atoms with Crippen LogP contribution in [-0.2, 0) is 6.54 Å². The van der Waals surface area contributed by atoms with Crippen molar-refractivity contribution in [1.82, 2.24) is 15.0 Å². The predicted octanol–water partition coefficient (Wildman–Crippen LogP) is 3.37. The first-order valence-corrected chi connectivity index (χ1v) is 9.90. The van der Waals surface area contributed by atoms with E-state index in [0.29, 0.717) is 17.9 Å². The Bertz CT molecular complexity index is 945. The van der Waals surface area contributed by atoms with Gasteiger partial charge < -0.3 is 19.2 Å². The van der Waals surface area contributed by atoms with Gasteiger partial charge in [-0.1, -0.05) is 35.5 Å². The summed E-state index contributed by atoms with van der Waals surface area (Å²) in [5.41, 5.74) is 3.61. The highest BCUT2D eigenvalue weighted by atomic mass is 16.5. The van der Waals surface area contributed by atoms with Crippen molar-refractivity contribution in [1.29, 1.82) is 0 Å². The van der Waals surface area contributed by atoms with Crippen LogP contribution >= 0.6 is 0 Å². The van der Waals surface area contributed by atoms with E-state index in [-0.39, 0.29) is 5.91 Å². The Labute approximate surface area is 171 Å². The highest BCUT2D eigenvalue weighted by molar-refractivity contribution is 5.94. The Morgan fingerprint density at radius 2 is 1.72 bits per heavy atom. The van der Waals surface area contributed by atoms with Gasteiger partial charge in [0.25, 0.3) is 5.91 Å². The molecule has 1 amide bonds. The number of aromatic nitrogens is 1. The molecule has 1 aliphatic heterocycles. The first-order chi connectivity index (χ1) is 14.1. The minimum atomic E-state index is -0.0346. The summed E-state index contributed by atoms with van der Waals surface area (Å²) >= 11 is 0. The zero-order valence-corrected chi connectivity index (χ0v) is 16.9. The van der Waals surface area contributed by atoms with Gasteiger partial charge in [-0.05, 0) is 31.3 Å². The van der Waals surface area contributed by atoms with Crippen LogP contribution in [0.15, 0.2) is 65.2 Å². The normalized spacial score (nSPS) is 14.8. The fourth-order valence-electron chi connectivity index (χ4n) is 3.54. The van der Waals surface area contributed by atoms with Crippen molar-refractivity contribution in [3.05, 3.63) is 72.0 Å². The zero-order chi connectivity index (χ0) is 20.2. The van der Waals surface area contributed by atoms with E-state index in [1.165, 1.54) is 5.69 Å². The molecule has 4 rings (SSSR count). The van der Waals surface area contributed by atoms with Gasteiger partial charge in [0.15, 0.2) is 5.76 Å². The van der Waals surface area contributed by atoms with Crippen molar-refractivity contribution in [2.75, 3.05) is 45.2 Å². The van der Waals surface area contributed by atoms with E-state index in [2.05, 4.69) is 22.0 Å². The molecule has 1 aromatic heterocycles. The molecule has 150 valence electrons. The molecule has 1 fully saturated rings. The predicted molar refractivity (Wildman–Crippen MR) is 114 cm³/mol. The summed E-state index contributed by atoms with van der Waals surface area (Å²) < 4.78 is 5.43. The van der Waals surface area contributed by atoms with Crippen LogP contribution in [0, 0.1) is 0 Å². The summed E-state index contributed by atoms with van der Waals surface area (Å²) in [5.74, 6) is 0.626. The molecule has 1 aliphatic rings. The first kappa shape index (κ1) is 19.2. The minimum Gasteiger partial charge on any atom is -0.369 e. The van der Waals surface area contributed by atoms with Gasteiger partial charge in [-0.15, -0.1) is 0 Å². The SMILES string of the molecule is CN1CCN(c2ccc(C(=O)N(C)Cc3cc(-c4ccccc4)no3)cc2)CC1. The fraction of sp³-hybridized carbons (Fsp3) is 0.304. The molecular formula is C23H26N4O2. The third-order valence-corrected chi connectivity index (χ3v) is 5.35. The standard InChI is InChI=1S/C23H26N4O2/c1-25-12-14-27(15-13-25)20-10-8-19(9-11-20)23(28)26(2)17-21-16-22(24-29-21)18-6-4-3-5-7-18/h3-11,16H,12-15,17H2,1-2H3. The second kappa shape index (κ2) is 8.49. The monoisotopic (exact) mass is 390 g/mol. The van der Waals surface area contributed by atoms with Crippen LogP contribution in [0.3, 0.4) is 0 Å². The number of hydrogen-bond donors (Lipinski definition) is 0. The molecule has 0 saturated carbocycles. The third kappa shape index (κ3) is 4.49. The van der Waals surface area contributed by atoms with E-state index in [4.69, 9.17) is 4.52 Å². The van der Waals surface area contributed by atoms with Crippen molar-refractivity contribution < 1.29 is 9.32 Å². The van der Waals surface area contributed by atoms with Crippen LogP contribution < -0.4 is 4.90 Å². The second-order valence-electron chi connectivity index (χ2n) is 7.54. The molecule has 6 nitrogen and oxygen atoms in total.